The summed E-state index contributed by atoms with van der Waals surface area (Å²) in [6.45, 7) is 5.12. The van der Waals surface area contributed by atoms with Gasteiger partial charge in [0.15, 0.2) is 0 Å². The number of fused-ring (bicyclic) bond motifs is 1. The number of nitrogens with two attached hydrogens (primary N) is 1. The number of rotatable bonds is 1. The molecule has 2 rings (SSSR count). The van der Waals surface area contributed by atoms with Crippen LogP contribution < -0.4 is 5.73 Å². The standard InChI is InChI=1S/C8H13N3O/c1-2-11-4-3-6-7(5-11)12-8(9)10-6/h2-5H2,1H3,(H2,9,10). The predicted octanol–water partition coefficient (Wildman–Crippen LogP) is 0.635. The Morgan fingerprint density at radius 1 is 1.67 bits per heavy atom. The summed E-state index contributed by atoms with van der Waals surface area (Å²) >= 11 is 0. The molecule has 2 heterocycles. The first-order chi connectivity index (χ1) is 5.79. The van der Waals surface area contributed by atoms with Gasteiger partial charge in [-0.3, -0.25) is 4.90 Å². The van der Waals surface area contributed by atoms with Gasteiger partial charge in [-0.1, -0.05) is 6.92 Å². The van der Waals surface area contributed by atoms with Crippen molar-refractivity contribution in [3.63, 3.8) is 0 Å². The fourth-order valence-electron chi connectivity index (χ4n) is 1.54. The molecule has 0 saturated heterocycles. The van der Waals surface area contributed by atoms with E-state index in [2.05, 4.69) is 16.8 Å². The molecular formula is C8H13N3O. The number of oxazole rings is 1. The molecule has 1 aromatic heterocycles. The molecule has 1 aromatic rings. The van der Waals surface area contributed by atoms with Crippen molar-refractivity contribution in [2.75, 3.05) is 18.8 Å². The van der Waals surface area contributed by atoms with Gasteiger partial charge in [0.1, 0.15) is 5.76 Å². The van der Waals surface area contributed by atoms with Crippen LogP contribution >= 0.6 is 0 Å². The van der Waals surface area contributed by atoms with Crippen LogP contribution in [0, 0.1) is 0 Å². The number of likely N-dealkylation sites (N-methyl/N-ethyl adjacent to an activating group) is 1. The van der Waals surface area contributed by atoms with Crippen LogP contribution in [0.4, 0.5) is 6.01 Å². The molecule has 0 saturated carbocycles. The molecule has 0 bridgehead atoms. The third-order valence-corrected chi connectivity index (χ3v) is 2.27. The second kappa shape index (κ2) is 2.79. The second-order valence-electron chi connectivity index (χ2n) is 3.04. The quantitative estimate of drug-likeness (QED) is 0.666. The van der Waals surface area contributed by atoms with Crippen LogP contribution in [0.2, 0.25) is 0 Å². The summed E-state index contributed by atoms with van der Waals surface area (Å²) < 4.78 is 5.26. The first-order valence-corrected chi connectivity index (χ1v) is 4.26. The maximum atomic E-state index is 5.45. The van der Waals surface area contributed by atoms with Crippen LogP contribution in [-0.4, -0.2) is 23.0 Å². The number of hydrogen-bond acceptors (Lipinski definition) is 4. The van der Waals surface area contributed by atoms with Gasteiger partial charge in [0.25, 0.3) is 6.01 Å². The van der Waals surface area contributed by atoms with E-state index in [1.165, 1.54) is 0 Å². The average molecular weight is 167 g/mol. The van der Waals surface area contributed by atoms with Crippen molar-refractivity contribution in [3.05, 3.63) is 11.5 Å². The van der Waals surface area contributed by atoms with E-state index in [1.54, 1.807) is 0 Å². The lowest BCUT2D eigenvalue weighted by Gasteiger charge is -2.22. The predicted molar refractivity (Wildman–Crippen MR) is 45.6 cm³/mol. The van der Waals surface area contributed by atoms with Crippen molar-refractivity contribution in [3.8, 4) is 0 Å². The van der Waals surface area contributed by atoms with E-state index in [0.717, 1.165) is 37.5 Å². The van der Waals surface area contributed by atoms with Gasteiger partial charge in [0.2, 0.25) is 0 Å². The van der Waals surface area contributed by atoms with E-state index in [0.29, 0.717) is 6.01 Å². The Bertz CT molecular complexity index is 282. The number of nitrogen functional groups attached to an aromatic ring is 1. The molecule has 0 unspecified atom stereocenters. The molecule has 12 heavy (non-hydrogen) atoms. The van der Waals surface area contributed by atoms with Gasteiger partial charge >= 0.3 is 0 Å². The number of hydrogen-bond donors (Lipinski definition) is 1. The van der Waals surface area contributed by atoms with Gasteiger partial charge in [-0.2, -0.15) is 4.98 Å². The Kier molecular flexibility index (Phi) is 1.77. The highest BCUT2D eigenvalue weighted by Gasteiger charge is 2.19. The fraction of sp³-hybridized carbons (Fsp3) is 0.625. The highest BCUT2D eigenvalue weighted by atomic mass is 16.4. The van der Waals surface area contributed by atoms with E-state index >= 15 is 0 Å². The third kappa shape index (κ3) is 1.18. The van der Waals surface area contributed by atoms with Crippen molar-refractivity contribution in [2.24, 2.45) is 0 Å². The number of nitrogens with zero attached hydrogens (tertiary/aromatic N) is 2. The summed E-state index contributed by atoms with van der Waals surface area (Å²) in [5, 5.41) is 0. The van der Waals surface area contributed by atoms with Crippen LogP contribution in [-0.2, 0) is 13.0 Å². The molecule has 4 nitrogen and oxygen atoms in total. The van der Waals surface area contributed by atoms with Gasteiger partial charge in [-0.05, 0) is 6.54 Å². The van der Waals surface area contributed by atoms with Crippen LogP contribution in [0.1, 0.15) is 18.4 Å². The Balaban J connectivity index is 2.22. The van der Waals surface area contributed by atoms with Crippen molar-refractivity contribution in [1.82, 2.24) is 9.88 Å². The highest BCUT2D eigenvalue weighted by molar-refractivity contribution is 5.21. The van der Waals surface area contributed by atoms with E-state index in [1.807, 2.05) is 0 Å². The molecule has 0 fully saturated rings. The van der Waals surface area contributed by atoms with Crippen LogP contribution in [0.15, 0.2) is 4.42 Å². The summed E-state index contributed by atoms with van der Waals surface area (Å²) in [6.07, 6.45) is 0.962. The lowest BCUT2D eigenvalue weighted by Crippen LogP contribution is -2.29. The van der Waals surface area contributed by atoms with E-state index in [9.17, 15) is 0 Å². The monoisotopic (exact) mass is 167 g/mol. The summed E-state index contributed by atoms with van der Waals surface area (Å²) in [7, 11) is 0. The van der Waals surface area contributed by atoms with Crippen LogP contribution in [0.5, 0.6) is 0 Å². The molecular weight excluding hydrogens is 154 g/mol. The Hall–Kier alpha value is -1.03. The average Bonchev–Trinajstić information content (AvgIpc) is 2.43. The Morgan fingerprint density at radius 3 is 3.25 bits per heavy atom. The van der Waals surface area contributed by atoms with Gasteiger partial charge in [-0.25, -0.2) is 0 Å². The van der Waals surface area contributed by atoms with E-state index in [4.69, 9.17) is 10.2 Å². The van der Waals surface area contributed by atoms with Crippen LogP contribution in [0.3, 0.4) is 0 Å². The van der Waals surface area contributed by atoms with Crippen molar-refractivity contribution < 1.29 is 4.42 Å². The van der Waals surface area contributed by atoms with Crippen LogP contribution in [0.25, 0.3) is 0 Å². The molecule has 0 aromatic carbocycles. The smallest absolute Gasteiger partial charge is 0.292 e. The maximum absolute atomic E-state index is 5.45. The van der Waals surface area contributed by atoms with Crippen molar-refractivity contribution in [2.45, 2.75) is 19.9 Å². The van der Waals surface area contributed by atoms with Crippen molar-refractivity contribution in [1.29, 1.82) is 0 Å². The van der Waals surface area contributed by atoms with E-state index < -0.39 is 0 Å². The second-order valence-corrected chi connectivity index (χ2v) is 3.04. The highest BCUT2D eigenvalue weighted by Crippen LogP contribution is 2.19. The molecule has 1 aliphatic rings. The third-order valence-electron chi connectivity index (χ3n) is 2.27. The van der Waals surface area contributed by atoms with E-state index in [-0.39, 0.29) is 0 Å². The van der Waals surface area contributed by atoms with Gasteiger partial charge < -0.3 is 10.2 Å². The molecule has 0 spiro atoms. The zero-order valence-corrected chi connectivity index (χ0v) is 7.21. The largest absolute Gasteiger partial charge is 0.427 e. The van der Waals surface area contributed by atoms with Gasteiger partial charge in [0.05, 0.1) is 12.2 Å². The topological polar surface area (TPSA) is 55.3 Å². The zero-order valence-electron chi connectivity index (χ0n) is 7.21. The zero-order chi connectivity index (χ0) is 8.55. The molecule has 0 amide bonds. The Labute approximate surface area is 71.4 Å². The normalized spacial score (nSPS) is 17.8. The summed E-state index contributed by atoms with van der Waals surface area (Å²) in [5.74, 6) is 0.945. The van der Waals surface area contributed by atoms with Gasteiger partial charge in [0, 0.05) is 13.0 Å². The molecule has 1 aliphatic heterocycles. The minimum Gasteiger partial charge on any atom is -0.427 e. The molecule has 0 aliphatic carbocycles. The molecule has 0 atom stereocenters. The minimum absolute atomic E-state index is 0.304. The first kappa shape index (κ1) is 7.61. The lowest BCUT2D eigenvalue weighted by molar-refractivity contribution is 0.241. The summed E-state index contributed by atoms with van der Waals surface area (Å²) in [5.41, 5.74) is 6.49. The van der Waals surface area contributed by atoms with Gasteiger partial charge in [-0.15, -0.1) is 0 Å². The minimum atomic E-state index is 0.304. The van der Waals surface area contributed by atoms with Crippen molar-refractivity contribution >= 4 is 6.01 Å². The lowest BCUT2D eigenvalue weighted by atomic mass is 10.2. The summed E-state index contributed by atoms with van der Waals surface area (Å²) in [6, 6.07) is 0.304. The SMILES string of the molecule is CCN1CCc2nc(N)oc2C1. The molecule has 4 heteroatoms. The molecule has 66 valence electrons. The summed E-state index contributed by atoms with van der Waals surface area (Å²) in [4.78, 5) is 6.42. The molecule has 0 radical (unpaired) electrons. The maximum Gasteiger partial charge on any atom is 0.292 e. The fourth-order valence-corrected chi connectivity index (χ4v) is 1.54. The number of anilines is 1. The number of aromatic nitrogens is 1. The Morgan fingerprint density at radius 2 is 2.50 bits per heavy atom. The molecule has 2 N–H and O–H groups in total. The first-order valence-electron chi connectivity index (χ1n) is 4.26.